The second-order valence-corrected chi connectivity index (χ2v) is 4.12. The van der Waals surface area contributed by atoms with Crippen molar-refractivity contribution >= 4 is 27.3 Å². The van der Waals surface area contributed by atoms with E-state index in [1.54, 1.807) is 0 Å². The average molecular weight is 248 g/mol. The van der Waals surface area contributed by atoms with E-state index in [9.17, 15) is 0 Å². The predicted molar refractivity (Wildman–Crippen MR) is 54.7 cm³/mol. The molecule has 1 aromatic rings. The highest BCUT2D eigenvalue weighted by Crippen LogP contribution is 2.21. The van der Waals surface area contributed by atoms with Crippen LogP contribution in [0.1, 0.15) is 13.3 Å². The van der Waals surface area contributed by atoms with Gasteiger partial charge < -0.3 is 4.74 Å². The lowest BCUT2D eigenvalue weighted by Crippen LogP contribution is -1.96. The number of rotatable bonds is 4. The van der Waals surface area contributed by atoms with Gasteiger partial charge in [-0.2, -0.15) is 4.98 Å². The van der Waals surface area contributed by atoms with Crippen molar-refractivity contribution < 1.29 is 4.74 Å². The van der Waals surface area contributed by atoms with Crippen molar-refractivity contribution in [3.05, 3.63) is 22.1 Å². The Labute approximate surface area is 84.4 Å². The maximum atomic E-state index is 5.35. The third-order valence-corrected chi connectivity index (χ3v) is 2.67. The molecule has 0 bridgehead atoms. The number of hydrogen-bond donors (Lipinski definition) is 0. The van der Waals surface area contributed by atoms with Crippen LogP contribution in [-0.4, -0.2) is 11.6 Å². The summed E-state index contributed by atoms with van der Waals surface area (Å²) in [6.07, 6.45) is 0.886. The summed E-state index contributed by atoms with van der Waals surface area (Å²) in [5, 5.41) is 2.61. The zero-order valence-electron chi connectivity index (χ0n) is 6.84. The van der Waals surface area contributed by atoms with Crippen LogP contribution in [-0.2, 0) is 0 Å². The van der Waals surface area contributed by atoms with E-state index in [0.717, 1.165) is 16.6 Å². The molecule has 0 fully saturated rings. The second kappa shape index (κ2) is 4.62. The van der Waals surface area contributed by atoms with Crippen LogP contribution in [0.2, 0.25) is 0 Å². The minimum atomic E-state index is 0.662. The van der Waals surface area contributed by atoms with E-state index in [0.29, 0.717) is 11.8 Å². The fraction of sp³-hybridized carbons (Fsp3) is 0.375. The summed E-state index contributed by atoms with van der Waals surface area (Å²) >= 11 is 4.75. The molecule has 0 spiro atoms. The first-order valence-electron chi connectivity index (χ1n) is 3.56. The molecule has 0 aromatic carbocycles. The Balaban J connectivity index is 2.29. The smallest absolute Gasteiger partial charge is 0.274 e. The van der Waals surface area contributed by atoms with Gasteiger partial charge in [0, 0.05) is 11.8 Å². The fourth-order valence-electron chi connectivity index (χ4n) is 0.618. The molecule has 0 saturated heterocycles. The van der Waals surface area contributed by atoms with Gasteiger partial charge in [0.05, 0.1) is 6.61 Å². The van der Waals surface area contributed by atoms with E-state index < -0.39 is 0 Å². The van der Waals surface area contributed by atoms with E-state index in [2.05, 4.69) is 27.5 Å². The summed E-state index contributed by atoms with van der Waals surface area (Å²) < 4.78 is 6.19. The highest BCUT2D eigenvalue weighted by molar-refractivity contribution is 9.10. The SMILES string of the molecule is C=C(C)CCOc1nc(Br)cs1. The topological polar surface area (TPSA) is 22.1 Å². The van der Waals surface area contributed by atoms with Gasteiger partial charge in [0.15, 0.2) is 0 Å². The van der Waals surface area contributed by atoms with E-state index in [1.165, 1.54) is 11.3 Å². The Morgan fingerprint density at radius 3 is 3.08 bits per heavy atom. The van der Waals surface area contributed by atoms with Gasteiger partial charge in [-0.05, 0) is 22.9 Å². The Kier molecular flexibility index (Phi) is 3.75. The first-order valence-corrected chi connectivity index (χ1v) is 5.24. The van der Waals surface area contributed by atoms with E-state index >= 15 is 0 Å². The Morgan fingerprint density at radius 1 is 1.83 bits per heavy atom. The molecule has 0 aliphatic carbocycles. The van der Waals surface area contributed by atoms with Gasteiger partial charge in [0.1, 0.15) is 4.60 Å². The van der Waals surface area contributed by atoms with Crippen LogP contribution >= 0.6 is 27.3 Å². The van der Waals surface area contributed by atoms with Crippen molar-refractivity contribution in [2.24, 2.45) is 0 Å². The van der Waals surface area contributed by atoms with Gasteiger partial charge in [-0.15, -0.1) is 6.58 Å². The largest absolute Gasteiger partial charge is 0.470 e. The van der Waals surface area contributed by atoms with Crippen LogP contribution in [0.5, 0.6) is 5.19 Å². The van der Waals surface area contributed by atoms with Crippen LogP contribution in [0.25, 0.3) is 0 Å². The van der Waals surface area contributed by atoms with E-state index in [-0.39, 0.29) is 0 Å². The van der Waals surface area contributed by atoms with Gasteiger partial charge in [0.2, 0.25) is 0 Å². The monoisotopic (exact) mass is 247 g/mol. The van der Waals surface area contributed by atoms with Crippen LogP contribution in [0, 0.1) is 0 Å². The minimum Gasteiger partial charge on any atom is -0.470 e. The van der Waals surface area contributed by atoms with E-state index in [1.807, 2.05) is 12.3 Å². The lowest BCUT2D eigenvalue weighted by atomic mass is 10.3. The molecule has 0 N–H and O–H groups in total. The molecule has 1 rings (SSSR count). The summed E-state index contributed by atoms with van der Waals surface area (Å²) in [6.45, 7) is 6.43. The first kappa shape index (κ1) is 9.74. The molecule has 66 valence electrons. The minimum absolute atomic E-state index is 0.662. The molecular formula is C8H10BrNOS. The number of aromatic nitrogens is 1. The number of thiazole rings is 1. The maximum absolute atomic E-state index is 5.35. The van der Waals surface area contributed by atoms with Gasteiger partial charge in [0.25, 0.3) is 5.19 Å². The van der Waals surface area contributed by atoms with Crippen molar-refractivity contribution in [3.8, 4) is 5.19 Å². The molecule has 0 unspecified atom stereocenters. The summed E-state index contributed by atoms with van der Waals surface area (Å²) in [5.74, 6) is 0. The number of halogens is 1. The third-order valence-electron chi connectivity index (χ3n) is 1.21. The highest BCUT2D eigenvalue weighted by Gasteiger charge is 1.98. The fourth-order valence-corrected chi connectivity index (χ4v) is 1.73. The normalized spacial score (nSPS) is 9.83. The molecule has 0 radical (unpaired) electrons. The summed E-state index contributed by atoms with van der Waals surface area (Å²) in [4.78, 5) is 4.09. The Morgan fingerprint density at radius 2 is 2.58 bits per heavy atom. The number of nitrogens with zero attached hydrogens (tertiary/aromatic N) is 1. The lowest BCUT2D eigenvalue weighted by Gasteiger charge is -2.00. The second-order valence-electron chi connectivity index (χ2n) is 2.49. The number of hydrogen-bond acceptors (Lipinski definition) is 3. The molecule has 2 nitrogen and oxygen atoms in total. The predicted octanol–water partition coefficient (Wildman–Crippen LogP) is 3.25. The van der Waals surface area contributed by atoms with Crippen molar-refractivity contribution in [1.82, 2.24) is 4.98 Å². The first-order chi connectivity index (χ1) is 5.68. The molecule has 1 aromatic heterocycles. The van der Waals surface area contributed by atoms with Crippen molar-refractivity contribution in [1.29, 1.82) is 0 Å². The van der Waals surface area contributed by atoms with Crippen molar-refractivity contribution in [3.63, 3.8) is 0 Å². The maximum Gasteiger partial charge on any atom is 0.274 e. The molecule has 0 aliphatic rings. The summed E-state index contributed by atoms with van der Waals surface area (Å²) in [5.41, 5.74) is 1.13. The Bertz CT molecular complexity index is 272. The molecule has 4 heteroatoms. The van der Waals surface area contributed by atoms with Crippen molar-refractivity contribution in [2.75, 3.05) is 6.61 Å². The molecule has 0 aliphatic heterocycles. The van der Waals surface area contributed by atoms with Crippen LogP contribution in [0.15, 0.2) is 22.1 Å². The van der Waals surface area contributed by atoms with Gasteiger partial charge in [-0.3, -0.25) is 0 Å². The standard InChI is InChI=1S/C8H10BrNOS/c1-6(2)3-4-11-8-10-7(9)5-12-8/h5H,1,3-4H2,2H3. The zero-order valence-corrected chi connectivity index (χ0v) is 9.24. The highest BCUT2D eigenvalue weighted by atomic mass is 79.9. The summed E-state index contributed by atoms with van der Waals surface area (Å²) in [6, 6.07) is 0. The van der Waals surface area contributed by atoms with E-state index in [4.69, 9.17) is 4.74 Å². The van der Waals surface area contributed by atoms with Crippen LogP contribution < -0.4 is 4.74 Å². The van der Waals surface area contributed by atoms with Gasteiger partial charge in [-0.25, -0.2) is 0 Å². The Hall–Kier alpha value is -0.350. The van der Waals surface area contributed by atoms with Crippen molar-refractivity contribution in [2.45, 2.75) is 13.3 Å². The zero-order chi connectivity index (χ0) is 8.97. The average Bonchev–Trinajstić information content (AvgIpc) is 2.35. The van der Waals surface area contributed by atoms with Crippen LogP contribution in [0.4, 0.5) is 0 Å². The third kappa shape index (κ3) is 3.36. The summed E-state index contributed by atoms with van der Waals surface area (Å²) in [7, 11) is 0. The van der Waals surface area contributed by atoms with Gasteiger partial charge in [-0.1, -0.05) is 16.9 Å². The number of ether oxygens (including phenoxy) is 1. The molecule has 1 heterocycles. The quantitative estimate of drug-likeness (QED) is 0.763. The molecular weight excluding hydrogens is 238 g/mol. The molecule has 0 amide bonds. The molecule has 12 heavy (non-hydrogen) atoms. The molecule has 0 atom stereocenters. The lowest BCUT2D eigenvalue weighted by molar-refractivity contribution is 0.319. The van der Waals surface area contributed by atoms with Gasteiger partial charge >= 0.3 is 0 Å². The molecule has 0 saturated carbocycles. The van der Waals surface area contributed by atoms with Crippen LogP contribution in [0.3, 0.4) is 0 Å².